The van der Waals surface area contributed by atoms with E-state index in [4.69, 9.17) is 0 Å². The van der Waals surface area contributed by atoms with Gasteiger partial charge in [-0.05, 0) is 97.2 Å². The Morgan fingerprint density at radius 3 is 2.31 bits per heavy atom. The van der Waals surface area contributed by atoms with Gasteiger partial charge in [-0.15, -0.1) is 0 Å². The topological polar surface area (TPSA) is 98.0 Å². The minimum absolute atomic E-state index is 0.00815. The lowest BCUT2D eigenvalue weighted by Gasteiger charge is -2.71. The normalized spacial score (nSPS) is 57.7. The molecular formula is C30H48O5. The van der Waals surface area contributed by atoms with E-state index in [1.165, 1.54) is 5.57 Å². The quantitative estimate of drug-likeness (QED) is 0.409. The molecule has 0 bridgehead atoms. The van der Waals surface area contributed by atoms with Crippen molar-refractivity contribution in [3.05, 3.63) is 11.6 Å². The summed E-state index contributed by atoms with van der Waals surface area (Å²) >= 11 is 0. The van der Waals surface area contributed by atoms with Crippen LogP contribution in [0.15, 0.2) is 11.6 Å². The number of hydrogen-bond acceptors (Lipinski definition) is 4. The van der Waals surface area contributed by atoms with Crippen LogP contribution in [0.1, 0.15) is 92.9 Å². The Labute approximate surface area is 211 Å². The molecule has 0 aliphatic heterocycles. The molecule has 0 aromatic carbocycles. The van der Waals surface area contributed by atoms with E-state index in [0.717, 1.165) is 44.9 Å². The van der Waals surface area contributed by atoms with Crippen LogP contribution in [-0.2, 0) is 4.79 Å². The van der Waals surface area contributed by atoms with E-state index in [0.29, 0.717) is 24.2 Å². The van der Waals surface area contributed by atoms with E-state index >= 15 is 0 Å². The highest BCUT2D eigenvalue weighted by atomic mass is 16.4. The zero-order valence-corrected chi connectivity index (χ0v) is 22.7. The first kappa shape index (κ1) is 25.7. The van der Waals surface area contributed by atoms with E-state index in [1.807, 2.05) is 6.92 Å². The summed E-state index contributed by atoms with van der Waals surface area (Å²) in [6.07, 6.45) is 7.51. The first-order valence-corrected chi connectivity index (χ1v) is 14.1. The third kappa shape index (κ3) is 2.95. The molecule has 5 aliphatic carbocycles. The maximum Gasteiger partial charge on any atom is 0.310 e. The van der Waals surface area contributed by atoms with Crippen molar-refractivity contribution in [3.63, 3.8) is 0 Å². The number of fused-ring (bicyclic) bond motifs is 7. The predicted octanol–water partition coefficient (Wildman–Crippen LogP) is 5.03. The van der Waals surface area contributed by atoms with Crippen molar-refractivity contribution >= 4 is 5.97 Å². The second-order valence-corrected chi connectivity index (χ2v) is 14.5. The maximum absolute atomic E-state index is 12.8. The number of aliphatic carboxylic acids is 1. The number of allylic oxidation sites excluding steroid dienone is 2. The van der Waals surface area contributed by atoms with Gasteiger partial charge in [0.05, 0.1) is 24.2 Å². The summed E-state index contributed by atoms with van der Waals surface area (Å²) in [5, 5.41) is 42.9. The minimum atomic E-state index is -0.907. The third-order valence-corrected chi connectivity index (χ3v) is 13.5. The van der Waals surface area contributed by atoms with Crippen LogP contribution in [0.25, 0.3) is 0 Å². The molecular weight excluding hydrogens is 440 g/mol. The molecule has 0 unspecified atom stereocenters. The zero-order valence-electron chi connectivity index (χ0n) is 22.7. The van der Waals surface area contributed by atoms with Crippen molar-refractivity contribution in [3.8, 4) is 0 Å². The first-order valence-electron chi connectivity index (χ1n) is 14.1. The van der Waals surface area contributed by atoms with Crippen molar-refractivity contribution in [1.82, 2.24) is 0 Å². The molecule has 4 N–H and O–H groups in total. The van der Waals surface area contributed by atoms with E-state index in [2.05, 4.69) is 40.7 Å². The third-order valence-electron chi connectivity index (χ3n) is 13.5. The number of aliphatic hydroxyl groups excluding tert-OH is 3. The smallest absolute Gasteiger partial charge is 0.310 e. The van der Waals surface area contributed by atoms with Gasteiger partial charge in [0.25, 0.3) is 0 Å². The second kappa shape index (κ2) is 7.80. The van der Waals surface area contributed by atoms with Gasteiger partial charge >= 0.3 is 5.97 Å². The maximum atomic E-state index is 12.8. The molecule has 0 aromatic heterocycles. The van der Waals surface area contributed by atoms with Crippen molar-refractivity contribution in [1.29, 1.82) is 0 Å². The Bertz CT molecular complexity index is 930. The van der Waals surface area contributed by atoms with E-state index in [9.17, 15) is 25.2 Å². The van der Waals surface area contributed by atoms with Gasteiger partial charge in [0.1, 0.15) is 0 Å². The molecule has 198 valence electrons. The number of rotatable bonds is 2. The Balaban J connectivity index is 1.62. The van der Waals surface area contributed by atoms with Crippen LogP contribution < -0.4 is 0 Å². The Morgan fingerprint density at radius 1 is 1.00 bits per heavy atom. The zero-order chi connectivity index (χ0) is 25.8. The standard InChI is InChI=1S/C30H48O5/c1-17-9-12-30(25(34)35)14-13-28(5)19(23(30)18(17)2)7-8-22-26(3)15-20(32)24(33)27(4,16-31)21(26)10-11-29(22,28)6/h7,17-18,20-24,31-33H,8-16H2,1-6H3,(H,34,35)/t17-,18+,20-,21-,22-,23+,24-,26+,27+,28-,29-,30+/m0/s1. The van der Waals surface area contributed by atoms with Crippen molar-refractivity contribution < 1.29 is 25.2 Å². The molecule has 4 saturated carbocycles. The lowest BCUT2D eigenvalue weighted by atomic mass is 9.33. The van der Waals surface area contributed by atoms with Crippen molar-refractivity contribution in [2.45, 2.75) is 105 Å². The van der Waals surface area contributed by atoms with Gasteiger partial charge in [-0.2, -0.15) is 0 Å². The molecule has 5 nitrogen and oxygen atoms in total. The number of carboxylic acid groups (broad SMARTS) is 1. The van der Waals surface area contributed by atoms with Gasteiger partial charge in [-0.3, -0.25) is 4.79 Å². The van der Waals surface area contributed by atoms with Gasteiger partial charge < -0.3 is 20.4 Å². The summed E-state index contributed by atoms with van der Waals surface area (Å²) in [4.78, 5) is 12.8. The van der Waals surface area contributed by atoms with Crippen LogP contribution in [0.5, 0.6) is 0 Å². The molecule has 5 rings (SSSR count). The van der Waals surface area contributed by atoms with Crippen LogP contribution in [0, 0.1) is 56.7 Å². The Kier molecular flexibility index (Phi) is 5.73. The SMILES string of the molecule is C[C@@H]1[C@@H](C)CC[C@@]2(C(=O)O)CC[C@@]3(C)C(=CC[C@H]4[C@]5(C)C[C@H](O)[C@H](O)[C@](C)(CO)[C@H]5CC[C@@]43C)[C@@H]12. The molecule has 4 fully saturated rings. The summed E-state index contributed by atoms with van der Waals surface area (Å²) in [6.45, 7) is 13.6. The fraction of sp³-hybridized carbons (Fsp3) is 0.900. The Hall–Kier alpha value is -0.910. The summed E-state index contributed by atoms with van der Waals surface area (Å²) in [6, 6.07) is 0. The van der Waals surface area contributed by atoms with Crippen molar-refractivity contribution in [2.75, 3.05) is 6.61 Å². The van der Waals surface area contributed by atoms with Crippen LogP contribution >= 0.6 is 0 Å². The average Bonchev–Trinajstić information content (AvgIpc) is 2.80. The molecule has 0 spiro atoms. The van der Waals surface area contributed by atoms with E-state index in [-0.39, 0.29) is 34.7 Å². The Morgan fingerprint density at radius 2 is 1.69 bits per heavy atom. The first-order chi connectivity index (χ1) is 16.2. The van der Waals surface area contributed by atoms with Gasteiger partial charge in [0, 0.05) is 5.41 Å². The molecule has 35 heavy (non-hydrogen) atoms. The predicted molar refractivity (Wildman–Crippen MR) is 135 cm³/mol. The largest absolute Gasteiger partial charge is 0.481 e. The fourth-order valence-corrected chi connectivity index (χ4v) is 11.0. The van der Waals surface area contributed by atoms with Crippen LogP contribution in [-0.4, -0.2) is 45.2 Å². The highest BCUT2D eigenvalue weighted by Crippen LogP contribution is 2.75. The van der Waals surface area contributed by atoms with Gasteiger partial charge in [0.15, 0.2) is 0 Å². The molecule has 12 atom stereocenters. The molecule has 0 saturated heterocycles. The van der Waals surface area contributed by atoms with E-state index < -0.39 is 29.0 Å². The van der Waals surface area contributed by atoms with Crippen molar-refractivity contribution in [2.24, 2.45) is 56.7 Å². The lowest BCUT2D eigenvalue weighted by molar-refractivity contribution is -0.244. The fourth-order valence-electron chi connectivity index (χ4n) is 11.0. The van der Waals surface area contributed by atoms with Gasteiger partial charge in [-0.1, -0.05) is 53.2 Å². The van der Waals surface area contributed by atoms with Gasteiger partial charge in [0.2, 0.25) is 0 Å². The monoisotopic (exact) mass is 488 g/mol. The summed E-state index contributed by atoms with van der Waals surface area (Å²) in [5.74, 6) is 0.828. The second-order valence-electron chi connectivity index (χ2n) is 14.5. The number of carbonyl (C=O) groups is 1. The van der Waals surface area contributed by atoms with Crippen LogP contribution in [0.2, 0.25) is 0 Å². The summed E-state index contributed by atoms with van der Waals surface area (Å²) < 4.78 is 0. The summed E-state index contributed by atoms with van der Waals surface area (Å²) in [7, 11) is 0. The lowest BCUT2D eigenvalue weighted by Crippen LogP contribution is -2.68. The average molecular weight is 489 g/mol. The molecule has 5 heteroatoms. The number of aliphatic hydroxyl groups is 3. The molecule has 0 amide bonds. The molecule has 0 aromatic rings. The van der Waals surface area contributed by atoms with E-state index in [1.54, 1.807) is 0 Å². The number of carboxylic acids is 1. The number of hydrogen-bond donors (Lipinski definition) is 4. The summed E-state index contributed by atoms with van der Waals surface area (Å²) in [5.41, 5.74) is -0.214. The van der Waals surface area contributed by atoms with Crippen LogP contribution in [0.4, 0.5) is 0 Å². The highest BCUT2D eigenvalue weighted by Gasteiger charge is 2.70. The highest BCUT2D eigenvalue weighted by molar-refractivity contribution is 5.76. The van der Waals surface area contributed by atoms with Gasteiger partial charge in [-0.25, -0.2) is 0 Å². The van der Waals surface area contributed by atoms with Crippen LogP contribution in [0.3, 0.4) is 0 Å². The molecule has 5 aliphatic rings. The molecule has 0 heterocycles. The molecule has 0 radical (unpaired) electrons. The minimum Gasteiger partial charge on any atom is -0.481 e.